The molecule has 0 aliphatic rings. The predicted molar refractivity (Wildman–Crippen MR) is 87.3 cm³/mol. The van der Waals surface area contributed by atoms with Gasteiger partial charge in [-0.1, -0.05) is 48.0 Å². The van der Waals surface area contributed by atoms with Gasteiger partial charge in [-0.05, 0) is 37.1 Å². The summed E-state index contributed by atoms with van der Waals surface area (Å²) in [4.78, 5) is 2.22. The number of hydrogen-bond acceptors (Lipinski definition) is 2. The Balaban J connectivity index is 2.37. The first-order valence-electron chi connectivity index (χ1n) is 6.84. The number of halogens is 1. The highest BCUT2D eigenvalue weighted by molar-refractivity contribution is 6.31. The van der Waals surface area contributed by atoms with Crippen LogP contribution in [0.15, 0.2) is 48.5 Å². The summed E-state index contributed by atoms with van der Waals surface area (Å²) in [5.74, 6) is 0. The van der Waals surface area contributed by atoms with Gasteiger partial charge in [0, 0.05) is 23.8 Å². The molecule has 0 amide bonds. The average molecular weight is 289 g/mol. The van der Waals surface area contributed by atoms with E-state index in [-0.39, 0.29) is 12.1 Å². The van der Waals surface area contributed by atoms with Gasteiger partial charge in [0.15, 0.2) is 0 Å². The third-order valence-corrected chi connectivity index (χ3v) is 4.09. The van der Waals surface area contributed by atoms with Gasteiger partial charge in [-0.25, -0.2) is 0 Å². The average Bonchev–Trinajstić information content (AvgIpc) is 2.46. The van der Waals surface area contributed by atoms with Gasteiger partial charge in [0.25, 0.3) is 0 Å². The Bertz CT molecular complexity index is 581. The molecule has 0 spiro atoms. The van der Waals surface area contributed by atoms with Crippen LogP contribution in [0.2, 0.25) is 5.02 Å². The number of benzene rings is 2. The lowest BCUT2D eigenvalue weighted by atomic mass is 10.0. The lowest BCUT2D eigenvalue weighted by Gasteiger charge is -2.30. The first-order chi connectivity index (χ1) is 9.52. The van der Waals surface area contributed by atoms with E-state index in [9.17, 15) is 0 Å². The third-order valence-electron chi connectivity index (χ3n) is 3.74. The molecule has 0 heterocycles. The SMILES string of the molecule is CC(c1ccccc1Cl)N(C)c1ccccc1[C@H](C)N. The summed E-state index contributed by atoms with van der Waals surface area (Å²) < 4.78 is 0. The Morgan fingerprint density at radius 3 is 2.10 bits per heavy atom. The van der Waals surface area contributed by atoms with Gasteiger partial charge in [0.2, 0.25) is 0 Å². The first kappa shape index (κ1) is 14.9. The normalized spacial score (nSPS) is 13.8. The van der Waals surface area contributed by atoms with E-state index in [0.29, 0.717) is 0 Å². The van der Waals surface area contributed by atoms with Crippen LogP contribution in [-0.2, 0) is 0 Å². The van der Waals surface area contributed by atoms with Crippen molar-refractivity contribution in [2.45, 2.75) is 25.9 Å². The molecule has 3 heteroatoms. The molecule has 2 N–H and O–H groups in total. The lowest BCUT2D eigenvalue weighted by molar-refractivity contribution is 0.723. The minimum absolute atomic E-state index is 0.00657. The molecule has 0 saturated carbocycles. The van der Waals surface area contributed by atoms with Gasteiger partial charge < -0.3 is 10.6 Å². The first-order valence-corrected chi connectivity index (χ1v) is 7.22. The quantitative estimate of drug-likeness (QED) is 0.894. The van der Waals surface area contributed by atoms with E-state index in [2.05, 4.69) is 37.1 Å². The van der Waals surface area contributed by atoms with Crippen molar-refractivity contribution in [2.75, 3.05) is 11.9 Å². The fraction of sp³-hybridized carbons (Fsp3) is 0.294. The highest BCUT2D eigenvalue weighted by atomic mass is 35.5. The van der Waals surface area contributed by atoms with Crippen molar-refractivity contribution in [3.8, 4) is 0 Å². The highest BCUT2D eigenvalue weighted by Gasteiger charge is 2.18. The zero-order valence-corrected chi connectivity index (χ0v) is 12.9. The molecule has 20 heavy (non-hydrogen) atoms. The Hall–Kier alpha value is -1.51. The maximum absolute atomic E-state index is 6.30. The molecule has 2 nitrogen and oxygen atoms in total. The number of hydrogen-bond donors (Lipinski definition) is 1. The van der Waals surface area contributed by atoms with Crippen LogP contribution in [0.4, 0.5) is 5.69 Å². The second-order valence-corrected chi connectivity index (χ2v) is 5.56. The summed E-state index contributed by atoms with van der Waals surface area (Å²) in [7, 11) is 2.08. The minimum atomic E-state index is 0.00657. The molecule has 0 fully saturated rings. The Morgan fingerprint density at radius 2 is 1.50 bits per heavy atom. The number of anilines is 1. The number of nitrogens with two attached hydrogens (primary N) is 1. The molecule has 0 aliphatic heterocycles. The van der Waals surface area contributed by atoms with Gasteiger partial charge in [-0.15, -0.1) is 0 Å². The Morgan fingerprint density at radius 1 is 0.950 bits per heavy atom. The van der Waals surface area contributed by atoms with Crippen LogP contribution in [0.5, 0.6) is 0 Å². The van der Waals surface area contributed by atoms with E-state index in [1.165, 1.54) is 0 Å². The maximum atomic E-state index is 6.30. The molecule has 0 saturated heterocycles. The molecule has 2 aromatic carbocycles. The summed E-state index contributed by atoms with van der Waals surface area (Å²) in [6.07, 6.45) is 0. The van der Waals surface area contributed by atoms with Crippen molar-refractivity contribution in [3.05, 3.63) is 64.7 Å². The van der Waals surface area contributed by atoms with Gasteiger partial charge in [0.05, 0.1) is 6.04 Å². The fourth-order valence-electron chi connectivity index (χ4n) is 2.42. The van der Waals surface area contributed by atoms with E-state index >= 15 is 0 Å². The van der Waals surface area contributed by atoms with Crippen molar-refractivity contribution in [1.29, 1.82) is 0 Å². The van der Waals surface area contributed by atoms with E-state index in [1.807, 2.05) is 37.3 Å². The number of rotatable bonds is 4. The van der Waals surface area contributed by atoms with Crippen molar-refractivity contribution in [2.24, 2.45) is 5.73 Å². The van der Waals surface area contributed by atoms with Crippen LogP contribution in [0.3, 0.4) is 0 Å². The topological polar surface area (TPSA) is 29.3 Å². The van der Waals surface area contributed by atoms with Crippen LogP contribution in [-0.4, -0.2) is 7.05 Å². The van der Waals surface area contributed by atoms with Crippen molar-refractivity contribution in [1.82, 2.24) is 0 Å². The van der Waals surface area contributed by atoms with Crippen molar-refractivity contribution >= 4 is 17.3 Å². The summed E-state index contributed by atoms with van der Waals surface area (Å²) in [5, 5.41) is 0.796. The standard InChI is InChI=1S/C17H21ClN2/c1-12(19)14-8-5-7-11-17(14)20(3)13(2)15-9-4-6-10-16(15)18/h4-13H,19H2,1-3H3/t12-,13?/m0/s1. The smallest absolute Gasteiger partial charge is 0.0525 e. The zero-order chi connectivity index (χ0) is 14.7. The van der Waals surface area contributed by atoms with E-state index in [0.717, 1.165) is 21.8 Å². The van der Waals surface area contributed by atoms with Crippen LogP contribution in [0, 0.1) is 0 Å². The van der Waals surface area contributed by atoms with Gasteiger partial charge in [0.1, 0.15) is 0 Å². The molecule has 2 aromatic rings. The summed E-state index contributed by atoms with van der Waals surface area (Å²) in [6, 6.07) is 16.4. The molecule has 0 aliphatic carbocycles. The maximum Gasteiger partial charge on any atom is 0.0525 e. The highest BCUT2D eigenvalue weighted by Crippen LogP contribution is 2.33. The second-order valence-electron chi connectivity index (χ2n) is 5.16. The van der Waals surface area contributed by atoms with Crippen LogP contribution < -0.4 is 10.6 Å². The second kappa shape index (κ2) is 6.29. The monoisotopic (exact) mass is 288 g/mol. The van der Waals surface area contributed by atoms with Crippen molar-refractivity contribution in [3.63, 3.8) is 0 Å². The predicted octanol–water partition coefficient (Wildman–Crippen LogP) is 4.56. The van der Waals surface area contributed by atoms with E-state index < -0.39 is 0 Å². The fourth-order valence-corrected chi connectivity index (χ4v) is 2.72. The number of para-hydroxylation sites is 1. The minimum Gasteiger partial charge on any atom is -0.368 e. The zero-order valence-electron chi connectivity index (χ0n) is 12.2. The molecule has 0 radical (unpaired) electrons. The lowest BCUT2D eigenvalue weighted by Crippen LogP contribution is -2.24. The molecular formula is C17H21ClN2. The van der Waals surface area contributed by atoms with Gasteiger partial charge in [-0.3, -0.25) is 0 Å². The molecule has 2 atom stereocenters. The molecule has 0 bridgehead atoms. The van der Waals surface area contributed by atoms with Crippen LogP contribution in [0.25, 0.3) is 0 Å². The molecule has 2 rings (SSSR count). The van der Waals surface area contributed by atoms with Gasteiger partial charge >= 0.3 is 0 Å². The third kappa shape index (κ3) is 2.97. The Labute approximate surface area is 126 Å². The summed E-state index contributed by atoms with van der Waals surface area (Å²) in [5.41, 5.74) is 9.48. The molecule has 106 valence electrons. The number of nitrogens with zero attached hydrogens (tertiary/aromatic N) is 1. The van der Waals surface area contributed by atoms with E-state index in [4.69, 9.17) is 17.3 Å². The van der Waals surface area contributed by atoms with Crippen LogP contribution >= 0.6 is 11.6 Å². The largest absolute Gasteiger partial charge is 0.368 e. The van der Waals surface area contributed by atoms with Crippen LogP contribution in [0.1, 0.15) is 37.1 Å². The molecule has 0 aromatic heterocycles. The van der Waals surface area contributed by atoms with Gasteiger partial charge in [-0.2, -0.15) is 0 Å². The molecular weight excluding hydrogens is 268 g/mol. The summed E-state index contributed by atoms with van der Waals surface area (Å²) in [6.45, 7) is 4.16. The molecule has 1 unspecified atom stereocenters. The van der Waals surface area contributed by atoms with Crippen molar-refractivity contribution < 1.29 is 0 Å². The van der Waals surface area contributed by atoms with E-state index in [1.54, 1.807) is 0 Å². The summed E-state index contributed by atoms with van der Waals surface area (Å²) >= 11 is 6.30. The Kier molecular flexibility index (Phi) is 4.69.